The number of aromatic nitrogens is 3. The van der Waals surface area contributed by atoms with Gasteiger partial charge < -0.3 is 5.32 Å². The van der Waals surface area contributed by atoms with Crippen LogP contribution in [0.15, 0.2) is 42.5 Å². The second kappa shape index (κ2) is 5.49. The van der Waals surface area contributed by atoms with Crippen LogP contribution in [0, 0.1) is 0 Å². The Bertz CT molecular complexity index is 796. The Balaban J connectivity index is 1.88. The van der Waals surface area contributed by atoms with Gasteiger partial charge in [0, 0.05) is 10.7 Å². The summed E-state index contributed by atoms with van der Waals surface area (Å²) in [7, 11) is 0. The maximum atomic E-state index is 12.2. The smallest absolute Gasteiger partial charge is 0.376 e. The Morgan fingerprint density at radius 2 is 1.68 bits per heavy atom. The van der Waals surface area contributed by atoms with E-state index in [2.05, 4.69) is 15.5 Å². The Hall–Kier alpha value is -2.28. The number of rotatable bonds is 3. The molecule has 0 saturated heterocycles. The van der Waals surface area contributed by atoms with Crippen molar-refractivity contribution in [3.8, 4) is 5.69 Å². The van der Waals surface area contributed by atoms with E-state index in [0.29, 0.717) is 27.4 Å². The minimum atomic E-state index is -4.27. The zero-order valence-corrected chi connectivity index (χ0v) is 11.9. The number of benzene rings is 2. The number of anilines is 1. The summed E-state index contributed by atoms with van der Waals surface area (Å²) >= 11 is 5.82. The molecule has 2 aromatic carbocycles. The first-order valence-electron chi connectivity index (χ1n) is 6.34. The highest BCUT2D eigenvalue weighted by atomic mass is 35.5. The van der Waals surface area contributed by atoms with Gasteiger partial charge in [-0.2, -0.15) is 18.0 Å². The normalized spacial score (nSPS) is 11.8. The second-order valence-electron chi connectivity index (χ2n) is 4.64. The van der Waals surface area contributed by atoms with E-state index >= 15 is 0 Å². The number of hydrogen-bond donors (Lipinski definition) is 1. The fourth-order valence-electron chi connectivity index (χ4n) is 1.92. The summed E-state index contributed by atoms with van der Waals surface area (Å²) in [5.41, 5.74) is 2.15. The quantitative estimate of drug-likeness (QED) is 0.789. The van der Waals surface area contributed by atoms with Gasteiger partial charge in [0.2, 0.25) is 0 Å². The number of nitrogens with zero attached hydrogens (tertiary/aromatic N) is 3. The molecule has 0 unspecified atom stereocenters. The lowest BCUT2D eigenvalue weighted by Crippen LogP contribution is -2.21. The van der Waals surface area contributed by atoms with E-state index in [1.54, 1.807) is 30.3 Å². The summed E-state index contributed by atoms with van der Waals surface area (Å²) in [6, 6.07) is 11.6. The molecular weight excluding hydrogens is 317 g/mol. The first kappa shape index (κ1) is 14.6. The van der Waals surface area contributed by atoms with Gasteiger partial charge in [0.05, 0.1) is 5.69 Å². The third-order valence-corrected chi connectivity index (χ3v) is 3.18. The number of halogens is 4. The van der Waals surface area contributed by atoms with Crippen LogP contribution < -0.4 is 5.32 Å². The molecular formula is C14H10ClF3N4. The van der Waals surface area contributed by atoms with E-state index in [4.69, 9.17) is 11.6 Å². The highest BCUT2D eigenvalue weighted by molar-refractivity contribution is 6.30. The van der Waals surface area contributed by atoms with Crippen LogP contribution in [0.25, 0.3) is 16.7 Å². The summed E-state index contributed by atoms with van der Waals surface area (Å²) < 4.78 is 36.6. The Kier molecular flexibility index (Phi) is 3.66. The number of nitrogens with one attached hydrogen (secondary N) is 1. The number of hydrogen-bond acceptors (Lipinski definition) is 3. The van der Waals surface area contributed by atoms with Crippen molar-refractivity contribution in [2.45, 2.75) is 6.18 Å². The first-order valence-corrected chi connectivity index (χ1v) is 6.72. The fraction of sp³-hybridized carbons (Fsp3) is 0.143. The van der Waals surface area contributed by atoms with Gasteiger partial charge in [-0.25, -0.2) is 0 Å². The van der Waals surface area contributed by atoms with Crippen LogP contribution in [0.5, 0.6) is 0 Å². The lowest BCUT2D eigenvalue weighted by molar-refractivity contribution is -0.115. The van der Waals surface area contributed by atoms with Crippen LogP contribution in [0.1, 0.15) is 0 Å². The number of alkyl halides is 3. The van der Waals surface area contributed by atoms with Crippen molar-refractivity contribution < 1.29 is 13.2 Å². The van der Waals surface area contributed by atoms with Crippen molar-refractivity contribution in [1.82, 2.24) is 15.0 Å². The average Bonchev–Trinajstić information content (AvgIpc) is 2.88. The van der Waals surface area contributed by atoms with Crippen LogP contribution in [0.4, 0.5) is 18.9 Å². The lowest BCUT2D eigenvalue weighted by atomic mass is 10.3. The standard InChI is InChI=1S/C14H10ClF3N4/c15-9-1-4-11(5-2-9)22-20-12-6-3-10(7-13(12)21-22)19-8-14(16,17)18/h1-7,19H,8H2. The van der Waals surface area contributed by atoms with E-state index in [1.807, 2.05) is 0 Å². The Morgan fingerprint density at radius 3 is 2.36 bits per heavy atom. The zero-order valence-electron chi connectivity index (χ0n) is 11.1. The molecule has 3 aromatic rings. The molecule has 4 nitrogen and oxygen atoms in total. The van der Waals surface area contributed by atoms with Crippen molar-refractivity contribution >= 4 is 28.3 Å². The van der Waals surface area contributed by atoms with Gasteiger partial charge in [-0.1, -0.05) is 11.6 Å². The summed E-state index contributed by atoms with van der Waals surface area (Å²) in [5, 5.41) is 11.4. The van der Waals surface area contributed by atoms with Gasteiger partial charge in [0.25, 0.3) is 0 Å². The molecule has 1 aromatic heterocycles. The van der Waals surface area contributed by atoms with E-state index in [0.717, 1.165) is 0 Å². The molecule has 3 rings (SSSR count). The SMILES string of the molecule is FC(F)(F)CNc1ccc2nn(-c3ccc(Cl)cc3)nc2c1. The maximum absolute atomic E-state index is 12.2. The van der Waals surface area contributed by atoms with Gasteiger partial charge >= 0.3 is 6.18 Å². The molecule has 0 spiro atoms. The maximum Gasteiger partial charge on any atom is 0.405 e. The van der Waals surface area contributed by atoms with Crippen molar-refractivity contribution in [3.05, 3.63) is 47.5 Å². The first-order chi connectivity index (χ1) is 10.4. The largest absolute Gasteiger partial charge is 0.405 e. The van der Waals surface area contributed by atoms with E-state index in [1.165, 1.54) is 16.9 Å². The average molecular weight is 327 g/mol. The highest BCUT2D eigenvalue weighted by Crippen LogP contribution is 2.20. The molecule has 0 radical (unpaired) electrons. The van der Waals surface area contributed by atoms with Crippen LogP contribution in [-0.2, 0) is 0 Å². The van der Waals surface area contributed by atoms with Crippen molar-refractivity contribution in [2.24, 2.45) is 0 Å². The van der Waals surface area contributed by atoms with Crippen molar-refractivity contribution in [2.75, 3.05) is 11.9 Å². The molecule has 0 atom stereocenters. The molecule has 0 amide bonds. The minimum absolute atomic E-state index is 0.341. The molecule has 0 aliphatic heterocycles. The predicted octanol–water partition coefficient (Wildman–Crippen LogP) is 4.05. The van der Waals surface area contributed by atoms with Gasteiger partial charge in [-0.05, 0) is 42.5 Å². The van der Waals surface area contributed by atoms with Crippen LogP contribution in [-0.4, -0.2) is 27.7 Å². The lowest BCUT2D eigenvalue weighted by Gasteiger charge is -2.08. The highest BCUT2D eigenvalue weighted by Gasteiger charge is 2.26. The minimum Gasteiger partial charge on any atom is -0.376 e. The third kappa shape index (κ3) is 3.30. The summed E-state index contributed by atoms with van der Waals surface area (Å²) in [5.74, 6) is 0. The van der Waals surface area contributed by atoms with Crippen LogP contribution >= 0.6 is 11.6 Å². The van der Waals surface area contributed by atoms with Crippen molar-refractivity contribution in [1.29, 1.82) is 0 Å². The third-order valence-electron chi connectivity index (χ3n) is 2.93. The zero-order chi connectivity index (χ0) is 15.7. The topological polar surface area (TPSA) is 42.7 Å². The molecule has 1 N–H and O–H groups in total. The predicted molar refractivity (Wildman–Crippen MR) is 78.4 cm³/mol. The summed E-state index contributed by atoms with van der Waals surface area (Å²) in [4.78, 5) is 1.41. The molecule has 0 bridgehead atoms. The molecule has 0 saturated carbocycles. The molecule has 1 heterocycles. The van der Waals surface area contributed by atoms with Gasteiger partial charge in [0.1, 0.15) is 17.6 Å². The van der Waals surface area contributed by atoms with Gasteiger partial charge in [0.15, 0.2) is 0 Å². The second-order valence-corrected chi connectivity index (χ2v) is 5.07. The molecule has 114 valence electrons. The fourth-order valence-corrected chi connectivity index (χ4v) is 2.04. The molecule has 0 aliphatic rings. The monoisotopic (exact) mass is 326 g/mol. The van der Waals surface area contributed by atoms with Gasteiger partial charge in [-0.15, -0.1) is 10.2 Å². The van der Waals surface area contributed by atoms with Crippen molar-refractivity contribution in [3.63, 3.8) is 0 Å². The van der Waals surface area contributed by atoms with E-state index in [-0.39, 0.29) is 0 Å². The Labute approximate surface area is 128 Å². The van der Waals surface area contributed by atoms with Crippen LogP contribution in [0.3, 0.4) is 0 Å². The molecule has 0 fully saturated rings. The summed E-state index contributed by atoms with van der Waals surface area (Å²) in [6.07, 6.45) is -4.27. The number of fused-ring (bicyclic) bond motifs is 1. The molecule has 22 heavy (non-hydrogen) atoms. The molecule has 8 heteroatoms. The Morgan fingerprint density at radius 1 is 1.00 bits per heavy atom. The van der Waals surface area contributed by atoms with E-state index < -0.39 is 12.7 Å². The van der Waals surface area contributed by atoms with Crippen LogP contribution in [0.2, 0.25) is 5.02 Å². The molecule has 0 aliphatic carbocycles. The van der Waals surface area contributed by atoms with E-state index in [9.17, 15) is 13.2 Å². The van der Waals surface area contributed by atoms with Gasteiger partial charge in [-0.3, -0.25) is 0 Å². The summed E-state index contributed by atoms with van der Waals surface area (Å²) in [6.45, 7) is -1.09.